The maximum atomic E-state index is 12.1. The van der Waals surface area contributed by atoms with Crippen molar-refractivity contribution in [2.24, 2.45) is 0 Å². The van der Waals surface area contributed by atoms with Crippen molar-refractivity contribution in [1.82, 2.24) is 20.0 Å². The molecule has 0 aromatic rings. The second kappa shape index (κ2) is 6.50. The molecule has 0 aromatic carbocycles. The first-order valence-electron chi connectivity index (χ1n) is 7.07. The number of rotatable bonds is 4. The van der Waals surface area contributed by atoms with Gasteiger partial charge in [0, 0.05) is 46.8 Å². The molecule has 2 rings (SSSR count). The SMILES string of the molecule is CN(C)C(=O)C1CNCCN1CCN1CCCC1. The number of carbonyl (C=O) groups excluding carboxylic acids is 1. The van der Waals surface area contributed by atoms with Gasteiger partial charge in [-0.15, -0.1) is 0 Å². The zero-order valence-electron chi connectivity index (χ0n) is 11.7. The fraction of sp³-hybridized carbons (Fsp3) is 0.923. The fourth-order valence-electron chi connectivity index (χ4n) is 2.83. The Morgan fingerprint density at radius 3 is 2.61 bits per heavy atom. The van der Waals surface area contributed by atoms with Gasteiger partial charge < -0.3 is 15.1 Å². The molecule has 0 radical (unpaired) electrons. The molecule has 1 N–H and O–H groups in total. The quantitative estimate of drug-likeness (QED) is 0.730. The van der Waals surface area contributed by atoms with Gasteiger partial charge in [0.1, 0.15) is 6.04 Å². The summed E-state index contributed by atoms with van der Waals surface area (Å²) in [5, 5.41) is 3.33. The van der Waals surface area contributed by atoms with Gasteiger partial charge in [0.2, 0.25) is 5.91 Å². The molecule has 0 aromatic heterocycles. The molecule has 2 aliphatic rings. The number of hydrogen-bond acceptors (Lipinski definition) is 4. The lowest BCUT2D eigenvalue weighted by Gasteiger charge is -2.37. The van der Waals surface area contributed by atoms with Crippen molar-refractivity contribution in [3.8, 4) is 0 Å². The van der Waals surface area contributed by atoms with Gasteiger partial charge in [-0.25, -0.2) is 0 Å². The molecule has 0 saturated carbocycles. The highest BCUT2D eigenvalue weighted by Crippen LogP contribution is 2.10. The Labute approximate surface area is 110 Å². The number of likely N-dealkylation sites (N-methyl/N-ethyl adjacent to an activating group) is 1. The monoisotopic (exact) mass is 254 g/mol. The molecule has 2 heterocycles. The van der Waals surface area contributed by atoms with E-state index in [4.69, 9.17) is 0 Å². The molecule has 104 valence electrons. The smallest absolute Gasteiger partial charge is 0.240 e. The number of carbonyl (C=O) groups is 1. The van der Waals surface area contributed by atoms with Crippen LogP contribution < -0.4 is 5.32 Å². The summed E-state index contributed by atoms with van der Waals surface area (Å²) in [4.78, 5) is 18.7. The summed E-state index contributed by atoms with van der Waals surface area (Å²) in [6.07, 6.45) is 2.67. The Balaban J connectivity index is 1.84. The zero-order valence-corrected chi connectivity index (χ0v) is 11.7. The molecule has 1 atom stereocenters. The highest BCUT2D eigenvalue weighted by molar-refractivity contribution is 5.81. The van der Waals surface area contributed by atoms with Crippen LogP contribution in [0.1, 0.15) is 12.8 Å². The van der Waals surface area contributed by atoms with E-state index in [0.29, 0.717) is 0 Å². The van der Waals surface area contributed by atoms with Crippen molar-refractivity contribution >= 4 is 5.91 Å². The fourth-order valence-corrected chi connectivity index (χ4v) is 2.83. The molecular weight excluding hydrogens is 228 g/mol. The van der Waals surface area contributed by atoms with E-state index in [1.165, 1.54) is 25.9 Å². The molecular formula is C13H26N4O. The third kappa shape index (κ3) is 3.43. The maximum absolute atomic E-state index is 12.1. The van der Waals surface area contributed by atoms with E-state index < -0.39 is 0 Å². The minimum atomic E-state index is 0.0244. The van der Waals surface area contributed by atoms with Crippen LogP contribution in [-0.2, 0) is 4.79 Å². The Morgan fingerprint density at radius 1 is 1.22 bits per heavy atom. The van der Waals surface area contributed by atoms with Crippen molar-refractivity contribution in [2.75, 3.05) is 59.9 Å². The van der Waals surface area contributed by atoms with E-state index in [9.17, 15) is 4.79 Å². The molecule has 2 fully saturated rings. The van der Waals surface area contributed by atoms with Crippen molar-refractivity contribution in [2.45, 2.75) is 18.9 Å². The first-order chi connectivity index (χ1) is 8.68. The van der Waals surface area contributed by atoms with Gasteiger partial charge in [-0.1, -0.05) is 0 Å². The Hall–Kier alpha value is -0.650. The van der Waals surface area contributed by atoms with Gasteiger partial charge in [0.15, 0.2) is 0 Å². The second-order valence-electron chi connectivity index (χ2n) is 5.54. The predicted molar refractivity (Wildman–Crippen MR) is 72.6 cm³/mol. The normalized spacial score (nSPS) is 26.4. The molecule has 1 amide bonds. The largest absolute Gasteiger partial charge is 0.347 e. The van der Waals surface area contributed by atoms with Crippen LogP contribution in [0.4, 0.5) is 0 Å². The summed E-state index contributed by atoms with van der Waals surface area (Å²) in [5.74, 6) is 0.226. The summed E-state index contributed by atoms with van der Waals surface area (Å²) in [6, 6.07) is 0.0244. The van der Waals surface area contributed by atoms with Crippen molar-refractivity contribution in [3.05, 3.63) is 0 Å². The number of hydrogen-bond donors (Lipinski definition) is 1. The van der Waals surface area contributed by atoms with E-state index in [-0.39, 0.29) is 11.9 Å². The van der Waals surface area contributed by atoms with Crippen LogP contribution in [-0.4, -0.2) is 86.6 Å². The molecule has 2 saturated heterocycles. The van der Waals surface area contributed by atoms with Crippen LogP contribution >= 0.6 is 0 Å². The molecule has 1 unspecified atom stereocenters. The van der Waals surface area contributed by atoms with Gasteiger partial charge in [0.05, 0.1) is 0 Å². The van der Waals surface area contributed by atoms with Gasteiger partial charge >= 0.3 is 0 Å². The van der Waals surface area contributed by atoms with Crippen LogP contribution in [0.5, 0.6) is 0 Å². The minimum absolute atomic E-state index is 0.0244. The molecule has 0 aliphatic carbocycles. The average molecular weight is 254 g/mol. The standard InChI is InChI=1S/C13H26N4O/c1-15(2)13(18)12-11-14-5-8-17(12)10-9-16-6-3-4-7-16/h12,14H,3-11H2,1-2H3. The number of amides is 1. The Morgan fingerprint density at radius 2 is 1.94 bits per heavy atom. The van der Waals surface area contributed by atoms with Gasteiger partial charge in [-0.2, -0.15) is 0 Å². The maximum Gasteiger partial charge on any atom is 0.240 e. The zero-order chi connectivity index (χ0) is 13.0. The van der Waals surface area contributed by atoms with Crippen LogP contribution in [0, 0.1) is 0 Å². The van der Waals surface area contributed by atoms with E-state index in [0.717, 1.165) is 32.7 Å². The van der Waals surface area contributed by atoms with Crippen LogP contribution in [0.3, 0.4) is 0 Å². The molecule has 0 spiro atoms. The molecule has 5 nitrogen and oxygen atoms in total. The summed E-state index contributed by atoms with van der Waals surface area (Å²) in [5.41, 5.74) is 0. The number of piperazine rings is 1. The lowest BCUT2D eigenvalue weighted by Crippen LogP contribution is -2.58. The summed E-state index contributed by atoms with van der Waals surface area (Å²) < 4.78 is 0. The Kier molecular flexibility index (Phi) is 4.97. The van der Waals surface area contributed by atoms with Gasteiger partial charge in [-0.05, 0) is 25.9 Å². The van der Waals surface area contributed by atoms with Crippen LogP contribution in [0.2, 0.25) is 0 Å². The lowest BCUT2D eigenvalue weighted by molar-refractivity contribution is -0.135. The highest BCUT2D eigenvalue weighted by atomic mass is 16.2. The lowest BCUT2D eigenvalue weighted by atomic mass is 10.1. The third-order valence-corrected chi connectivity index (χ3v) is 3.98. The molecule has 18 heavy (non-hydrogen) atoms. The summed E-state index contributed by atoms with van der Waals surface area (Å²) >= 11 is 0. The van der Waals surface area contributed by atoms with Crippen molar-refractivity contribution < 1.29 is 4.79 Å². The van der Waals surface area contributed by atoms with E-state index in [1.807, 2.05) is 14.1 Å². The van der Waals surface area contributed by atoms with Crippen molar-refractivity contribution in [1.29, 1.82) is 0 Å². The topological polar surface area (TPSA) is 38.8 Å². The number of nitrogens with one attached hydrogen (secondary N) is 1. The van der Waals surface area contributed by atoms with Gasteiger partial charge in [0.25, 0.3) is 0 Å². The molecule has 2 aliphatic heterocycles. The van der Waals surface area contributed by atoms with E-state index in [1.54, 1.807) is 4.90 Å². The number of nitrogens with zero attached hydrogens (tertiary/aromatic N) is 3. The second-order valence-corrected chi connectivity index (χ2v) is 5.54. The number of likely N-dealkylation sites (tertiary alicyclic amines) is 1. The van der Waals surface area contributed by atoms with E-state index in [2.05, 4.69) is 15.1 Å². The highest BCUT2D eigenvalue weighted by Gasteiger charge is 2.29. The van der Waals surface area contributed by atoms with Gasteiger partial charge in [-0.3, -0.25) is 9.69 Å². The minimum Gasteiger partial charge on any atom is -0.347 e. The summed E-state index contributed by atoms with van der Waals surface area (Å²) in [6.45, 7) is 7.37. The summed E-state index contributed by atoms with van der Waals surface area (Å²) in [7, 11) is 3.69. The predicted octanol–water partition coefficient (Wildman–Crippen LogP) is -0.556. The first-order valence-corrected chi connectivity index (χ1v) is 7.07. The first kappa shape index (κ1) is 13.8. The van der Waals surface area contributed by atoms with Crippen molar-refractivity contribution in [3.63, 3.8) is 0 Å². The Bertz CT molecular complexity index is 276. The third-order valence-electron chi connectivity index (χ3n) is 3.98. The molecule has 5 heteroatoms. The van der Waals surface area contributed by atoms with E-state index >= 15 is 0 Å². The van der Waals surface area contributed by atoms with Crippen LogP contribution in [0.25, 0.3) is 0 Å². The van der Waals surface area contributed by atoms with Crippen LogP contribution in [0.15, 0.2) is 0 Å². The molecule has 0 bridgehead atoms. The average Bonchev–Trinajstić information content (AvgIpc) is 2.89.